The molecule has 4 rings (SSSR count). The van der Waals surface area contributed by atoms with Crippen LogP contribution < -0.4 is 5.32 Å². The minimum Gasteiger partial charge on any atom is -0.466 e. The van der Waals surface area contributed by atoms with Crippen LogP contribution in [0.1, 0.15) is 22.8 Å². The van der Waals surface area contributed by atoms with E-state index in [1.165, 1.54) is 0 Å². The van der Waals surface area contributed by atoms with Crippen LogP contribution in [0.5, 0.6) is 0 Å². The van der Waals surface area contributed by atoms with Crippen LogP contribution in [0, 0.1) is 11.3 Å². The first-order valence-corrected chi connectivity index (χ1v) is 9.34. The van der Waals surface area contributed by atoms with Crippen LogP contribution in [0.25, 0.3) is 0 Å². The maximum atomic E-state index is 13.0. The van der Waals surface area contributed by atoms with Gasteiger partial charge in [0.15, 0.2) is 0 Å². The Balaban J connectivity index is 1.46. The van der Waals surface area contributed by atoms with Crippen LogP contribution in [0.3, 0.4) is 0 Å². The van der Waals surface area contributed by atoms with Gasteiger partial charge in [0.2, 0.25) is 0 Å². The highest BCUT2D eigenvalue weighted by Gasteiger charge is 2.55. The Morgan fingerprint density at radius 2 is 2.07 bits per heavy atom. The van der Waals surface area contributed by atoms with Crippen molar-refractivity contribution in [3.8, 4) is 0 Å². The van der Waals surface area contributed by atoms with Gasteiger partial charge < -0.3 is 15.0 Å². The number of esters is 1. The Morgan fingerprint density at radius 3 is 2.74 bits per heavy atom. The molecule has 1 atom stereocenters. The number of hydrogen-bond donors (Lipinski definition) is 1. The number of carbonyl (C=O) groups excluding carboxylic acids is 2. The number of hydrogen-bond acceptors (Lipinski definition) is 5. The molecule has 2 aliphatic heterocycles. The fourth-order valence-corrected chi connectivity index (χ4v) is 4.01. The lowest BCUT2D eigenvalue weighted by atomic mass is 9.73. The summed E-state index contributed by atoms with van der Waals surface area (Å²) in [7, 11) is 0. The molecule has 1 spiro atoms. The molecule has 0 aliphatic carbocycles. The van der Waals surface area contributed by atoms with E-state index in [1.54, 1.807) is 22.0 Å². The smallest absolute Gasteiger partial charge is 0.311 e. The van der Waals surface area contributed by atoms with Crippen LogP contribution in [-0.4, -0.2) is 59.3 Å². The summed E-state index contributed by atoms with van der Waals surface area (Å²) in [5, 5.41) is 7.56. The number of benzene rings is 1. The zero-order chi connectivity index (χ0) is 18.9. The number of likely N-dealkylation sites (tertiary alicyclic amines) is 1. The Hall–Kier alpha value is -2.67. The molecule has 2 aromatic rings. The predicted octanol–water partition coefficient (Wildman–Crippen LogP) is 1.16. The molecule has 0 saturated carbocycles. The molecule has 2 fully saturated rings. The van der Waals surface area contributed by atoms with Crippen molar-refractivity contribution in [3.63, 3.8) is 0 Å². The molecule has 1 unspecified atom stereocenters. The summed E-state index contributed by atoms with van der Waals surface area (Å²) in [6.07, 6.45) is 3.38. The van der Waals surface area contributed by atoms with Gasteiger partial charge >= 0.3 is 5.97 Å². The van der Waals surface area contributed by atoms with Gasteiger partial charge in [0, 0.05) is 37.8 Å². The van der Waals surface area contributed by atoms with Crippen molar-refractivity contribution in [1.29, 1.82) is 0 Å². The molecule has 1 amide bonds. The van der Waals surface area contributed by atoms with Gasteiger partial charge in [0.25, 0.3) is 5.91 Å². The Labute approximate surface area is 158 Å². The zero-order valence-electron chi connectivity index (χ0n) is 15.4. The van der Waals surface area contributed by atoms with Gasteiger partial charge in [-0.25, -0.2) is 0 Å². The standard InChI is InChI=1S/C20H24N4O3/c1-2-27-19(26)17-11-23(14-20(17)12-21-13-20)18(25)16-8-22-24(10-16)9-15-6-4-3-5-7-15/h3-8,10,17,21H,2,9,11-14H2,1H3. The lowest BCUT2D eigenvalue weighted by Crippen LogP contribution is -2.59. The van der Waals surface area contributed by atoms with Crippen molar-refractivity contribution in [1.82, 2.24) is 20.0 Å². The highest BCUT2D eigenvalue weighted by molar-refractivity contribution is 5.94. The first-order valence-electron chi connectivity index (χ1n) is 9.34. The second-order valence-electron chi connectivity index (χ2n) is 7.37. The molecule has 0 bridgehead atoms. The number of aromatic nitrogens is 2. The molecular formula is C20H24N4O3. The molecule has 3 heterocycles. The molecule has 7 nitrogen and oxygen atoms in total. The number of carbonyl (C=O) groups is 2. The normalized spacial score (nSPS) is 20.5. The van der Waals surface area contributed by atoms with Crippen LogP contribution in [0.4, 0.5) is 0 Å². The summed E-state index contributed by atoms with van der Waals surface area (Å²) < 4.78 is 7.01. The molecule has 27 heavy (non-hydrogen) atoms. The summed E-state index contributed by atoms with van der Waals surface area (Å²) in [5.41, 5.74) is 1.49. The fraction of sp³-hybridized carbons (Fsp3) is 0.450. The Bertz CT molecular complexity index is 829. The first-order chi connectivity index (χ1) is 13.1. The highest BCUT2D eigenvalue weighted by Crippen LogP contribution is 2.40. The number of ether oxygens (including phenoxy) is 1. The maximum absolute atomic E-state index is 13.0. The summed E-state index contributed by atoms with van der Waals surface area (Å²) in [6, 6.07) is 10.00. The van der Waals surface area contributed by atoms with Gasteiger partial charge in [-0.15, -0.1) is 0 Å². The topological polar surface area (TPSA) is 76.5 Å². The largest absolute Gasteiger partial charge is 0.466 e. The molecule has 142 valence electrons. The van der Waals surface area contributed by atoms with Gasteiger partial charge in [-0.1, -0.05) is 30.3 Å². The van der Waals surface area contributed by atoms with Gasteiger partial charge in [0.05, 0.1) is 30.8 Å². The van der Waals surface area contributed by atoms with Crippen molar-refractivity contribution in [2.45, 2.75) is 13.5 Å². The lowest BCUT2D eigenvalue weighted by Gasteiger charge is -2.42. The van der Waals surface area contributed by atoms with E-state index in [4.69, 9.17) is 4.74 Å². The number of amides is 1. The minimum atomic E-state index is -0.262. The summed E-state index contributed by atoms with van der Waals surface area (Å²) in [6.45, 7) is 5.26. The Kier molecular flexibility index (Phi) is 4.70. The molecule has 7 heteroatoms. The van der Waals surface area contributed by atoms with Crippen molar-refractivity contribution in [2.24, 2.45) is 11.3 Å². The van der Waals surface area contributed by atoms with E-state index in [0.29, 0.717) is 31.8 Å². The van der Waals surface area contributed by atoms with E-state index in [-0.39, 0.29) is 23.2 Å². The van der Waals surface area contributed by atoms with E-state index in [9.17, 15) is 9.59 Å². The summed E-state index contributed by atoms with van der Waals surface area (Å²) >= 11 is 0. The van der Waals surface area contributed by atoms with Gasteiger partial charge in [-0.3, -0.25) is 14.3 Å². The van der Waals surface area contributed by atoms with Crippen LogP contribution in [0.2, 0.25) is 0 Å². The van der Waals surface area contributed by atoms with Gasteiger partial charge in [-0.05, 0) is 12.5 Å². The third-order valence-corrected chi connectivity index (χ3v) is 5.53. The van der Waals surface area contributed by atoms with Crippen molar-refractivity contribution in [3.05, 3.63) is 53.9 Å². The van der Waals surface area contributed by atoms with Crippen molar-refractivity contribution >= 4 is 11.9 Å². The average molecular weight is 368 g/mol. The van der Waals surface area contributed by atoms with E-state index in [2.05, 4.69) is 10.4 Å². The van der Waals surface area contributed by atoms with Crippen LogP contribution in [0.15, 0.2) is 42.7 Å². The molecule has 1 N–H and O–H groups in total. The van der Waals surface area contributed by atoms with E-state index in [0.717, 1.165) is 18.7 Å². The molecule has 1 aromatic heterocycles. The number of rotatable bonds is 5. The summed E-state index contributed by atoms with van der Waals surface area (Å²) in [4.78, 5) is 27.1. The molecule has 0 radical (unpaired) electrons. The number of nitrogens with zero attached hydrogens (tertiary/aromatic N) is 3. The fourth-order valence-electron chi connectivity index (χ4n) is 4.01. The maximum Gasteiger partial charge on any atom is 0.311 e. The molecule has 2 saturated heterocycles. The monoisotopic (exact) mass is 368 g/mol. The second kappa shape index (κ2) is 7.15. The van der Waals surface area contributed by atoms with Gasteiger partial charge in [-0.2, -0.15) is 5.10 Å². The summed E-state index contributed by atoms with van der Waals surface area (Å²) in [5.74, 6) is -0.538. The van der Waals surface area contributed by atoms with Crippen LogP contribution in [-0.2, 0) is 16.1 Å². The Morgan fingerprint density at radius 1 is 1.30 bits per heavy atom. The zero-order valence-corrected chi connectivity index (χ0v) is 15.4. The second-order valence-corrected chi connectivity index (χ2v) is 7.37. The van der Waals surface area contributed by atoms with Crippen molar-refractivity contribution in [2.75, 3.05) is 32.8 Å². The van der Waals surface area contributed by atoms with E-state index < -0.39 is 0 Å². The first kappa shape index (κ1) is 17.7. The van der Waals surface area contributed by atoms with Crippen LogP contribution >= 0.6 is 0 Å². The molecule has 2 aliphatic rings. The lowest BCUT2D eigenvalue weighted by molar-refractivity contribution is -0.152. The third kappa shape index (κ3) is 3.35. The quantitative estimate of drug-likeness (QED) is 0.802. The van der Waals surface area contributed by atoms with Crippen molar-refractivity contribution < 1.29 is 14.3 Å². The predicted molar refractivity (Wildman–Crippen MR) is 99.1 cm³/mol. The average Bonchev–Trinajstić information content (AvgIpc) is 3.27. The van der Waals surface area contributed by atoms with E-state index >= 15 is 0 Å². The molecular weight excluding hydrogens is 344 g/mol. The van der Waals surface area contributed by atoms with E-state index in [1.807, 2.05) is 37.3 Å². The molecule has 1 aromatic carbocycles. The minimum absolute atomic E-state index is 0.0765. The highest BCUT2D eigenvalue weighted by atomic mass is 16.5. The third-order valence-electron chi connectivity index (χ3n) is 5.53. The number of nitrogens with one attached hydrogen (secondary N) is 1. The van der Waals surface area contributed by atoms with Gasteiger partial charge in [0.1, 0.15) is 0 Å². The SMILES string of the molecule is CCOC(=O)C1CN(C(=O)c2cnn(Cc3ccccc3)c2)CC12CNC2.